The molecular formula is C13H21N5O. The summed E-state index contributed by atoms with van der Waals surface area (Å²) in [5.74, 6) is 0.605. The summed E-state index contributed by atoms with van der Waals surface area (Å²) in [6, 6.07) is 2.06. The number of nitriles is 1. The van der Waals surface area contributed by atoms with Crippen molar-refractivity contribution in [2.75, 3.05) is 6.54 Å². The van der Waals surface area contributed by atoms with Crippen LogP contribution in [0.15, 0.2) is 0 Å². The molecule has 0 unspecified atom stereocenters. The number of hydrogen-bond donors (Lipinski definition) is 1. The highest BCUT2D eigenvalue weighted by molar-refractivity contribution is 5.90. The maximum Gasteiger partial charge on any atom is 0.293 e. The Morgan fingerprint density at radius 3 is 2.53 bits per heavy atom. The normalized spacial score (nSPS) is 11.4. The van der Waals surface area contributed by atoms with Gasteiger partial charge in [0, 0.05) is 18.0 Å². The van der Waals surface area contributed by atoms with E-state index in [-0.39, 0.29) is 23.2 Å². The van der Waals surface area contributed by atoms with Crippen molar-refractivity contribution in [3.63, 3.8) is 0 Å². The molecule has 1 N–H and O–H groups in total. The Labute approximate surface area is 113 Å². The fourth-order valence-electron chi connectivity index (χ4n) is 1.59. The SMILES string of the molecule is CC(C)N(CCC#N)C(=O)c1n[nH]c(C(C)(C)C)n1. The number of carbonyl (C=O) groups is 1. The Balaban J connectivity index is 2.91. The number of nitrogens with one attached hydrogen (secondary N) is 1. The zero-order valence-corrected chi connectivity index (χ0v) is 12.2. The average Bonchev–Trinajstić information content (AvgIpc) is 2.77. The van der Waals surface area contributed by atoms with E-state index in [9.17, 15) is 4.79 Å². The molecule has 1 rings (SSSR count). The summed E-state index contributed by atoms with van der Waals surface area (Å²) in [4.78, 5) is 18.2. The van der Waals surface area contributed by atoms with Crippen LogP contribution in [-0.4, -0.2) is 38.6 Å². The van der Waals surface area contributed by atoms with Gasteiger partial charge in [0.25, 0.3) is 5.91 Å². The second-order valence-electron chi connectivity index (χ2n) is 5.76. The molecule has 0 saturated heterocycles. The highest BCUT2D eigenvalue weighted by atomic mass is 16.2. The number of rotatable bonds is 4. The number of hydrogen-bond acceptors (Lipinski definition) is 4. The number of H-pyrrole nitrogens is 1. The maximum atomic E-state index is 12.3. The molecule has 0 saturated carbocycles. The van der Waals surface area contributed by atoms with Crippen LogP contribution in [0.5, 0.6) is 0 Å². The molecule has 6 nitrogen and oxygen atoms in total. The number of carbonyl (C=O) groups excluding carboxylic acids is 1. The summed E-state index contributed by atoms with van der Waals surface area (Å²) in [5, 5.41) is 15.4. The Hall–Kier alpha value is -1.90. The smallest absolute Gasteiger partial charge is 0.293 e. The van der Waals surface area contributed by atoms with Gasteiger partial charge in [-0.25, -0.2) is 4.98 Å². The highest BCUT2D eigenvalue weighted by Gasteiger charge is 2.25. The first kappa shape index (κ1) is 15.2. The van der Waals surface area contributed by atoms with Gasteiger partial charge in [-0.3, -0.25) is 9.89 Å². The van der Waals surface area contributed by atoms with Crippen LogP contribution >= 0.6 is 0 Å². The first-order valence-electron chi connectivity index (χ1n) is 6.38. The lowest BCUT2D eigenvalue weighted by atomic mass is 9.96. The molecule has 104 valence electrons. The third-order valence-corrected chi connectivity index (χ3v) is 2.74. The molecule has 0 atom stereocenters. The molecule has 0 aliphatic heterocycles. The van der Waals surface area contributed by atoms with Crippen LogP contribution in [0.1, 0.15) is 57.5 Å². The first-order chi connectivity index (χ1) is 8.77. The Kier molecular flexibility index (Phi) is 4.65. The van der Waals surface area contributed by atoms with Gasteiger partial charge in [-0.2, -0.15) is 5.26 Å². The van der Waals surface area contributed by atoms with Gasteiger partial charge in [0.2, 0.25) is 5.82 Å². The van der Waals surface area contributed by atoms with Crippen LogP contribution in [0, 0.1) is 11.3 Å². The molecule has 0 bridgehead atoms. The molecule has 0 fully saturated rings. The van der Waals surface area contributed by atoms with Crippen LogP contribution in [0.3, 0.4) is 0 Å². The summed E-state index contributed by atoms with van der Waals surface area (Å²) in [5.41, 5.74) is -0.180. The third-order valence-electron chi connectivity index (χ3n) is 2.74. The van der Waals surface area contributed by atoms with E-state index in [1.165, 1.54) is 0 Å². The lowest BCUT2D eigenvalue weighted by molar-refractivity contribution is 0.0698. The van der Waals surface area contributed by atoms with Crippen molar-refractivity contribution < 1.29 is 4.79 Å². The van der Waals surface area contributed by atoms with Gasteiger partial charge in [0.1, 0.15) is 5.82 Å². The predicted molar refractivity (Wildman–Crippen MR) is 71.5 cm³/mol. The van der Waals surface area contributed by atoms with Crippen molar-refractivity contribution in [2.45, 2.75) is 52.5 Å². The van der Waals surface area contributed by atoms with E-state index in [2.05, 4.69) is 15.2 Å². The lowest BCUT2D eigenvalue weighted by Gasteiger charge is -2.24. The topological polar surface area (TPSA) is 85.7 Å². The van der Waals surface area contributed by atoms with E-state index in [0.29, 0.717) is 18.8 Å². The van der Waals surface area contributed by atoms with Crippen molar-refractivity contribution in [1.82, 2.24) is 20.1 Å². The van der Waals surface area contributed by atoms with Gasteiger partial charge in [-0.15, -0.1) is 5.10 Å². The zero-order chi connectivity index (χ0) is 14.6. The zero-order valence-electron chi connectivity index (χ0n) is 12.2. The van der Waals surface area contributed by atoms with Crippen LogP contribution in [0.4, 0.5) is 0 Å². The minimum atomic E-state index is -0.239. The van der Waals surface area contributed by atoms with Crippen molar-refractivity contribution in [3.05, 3.63) is 11.6 Å². The second kappa shape index (κ2) is 5.83. The molecule has 0 aliphatic rings. The molecular weight excluding hydrogens is 242 g/mol. The van der Waals surface area contributed by atoms with Gasteiger partial charge < -0.3 is 4.90 Å². The first-order valence-corrected chi connectivity index (χ1v) is 6.38. The van der Waals surface area contributed by atoms with Crippen molar-refractivity contribution in [2.24, 2.45) is 0 Å². The number of nitrogens with zero attached hydrogens (tertiary/aromatic N) is 4. The standard InChI is InChI=1S/C13H21N5O/c1-9(2)18(8-6-7-14)11(19)10-15-12(17-16-10)13(3,4)5/h9H,6,8H2,1-5H3,(H,15,16,17). The summed E-state index contributed by atoms with van der Waals surface area (Å²) in [7, 11) is 0. The van der Waals surface area contributed by atoms with E-state index in [4.69, 9.17) is 5.26 Å². The molecule has 1 heterocycles. The lowest BCUT2D eigenvalue weighted by Crippen LogP contribution is -2.38. The minimum absolute atomic E-state index is 0.0115. The average molecular weight is 263 g/mol. The van der Waals surface area contributed by atoms with E-state index >= 15 is 0 Å². The quantitative estimate of drug-likeness (QED) is 0.898. The summed E-state index contributed by atoms with van der Waals surface area (Å²) in [6.45, 7) is 10.2. The van der Waals surface area contributed by atoms with E-state index < -0.39 is 0 Å². The van der Waals surface area contributed by atoms with Gasteiger partial charge in [-0.05, 0) is 13.8 Å². The minimum Gasteiger partial charge on any atom is -0.332 e. The number of aromatic amines is 1. The molecule has 0 aliphatic carbocycles. The van der Waals surface area contributed by atoms with Crippen molar-refractivity contribution in [3.8, 4) is 6.07 Å². The van der Waals surface area contributed by atoms with Gasteiger partial charge >= 0.3 is 0 Å². The van der Waals surface area contributed by atoms with E-state index in [1.54, 1.807) is 4.90 Å². The molecule has 0 aromatic carbocycles. The van der Waals surface area contributed by atoms with E-state index in [1.807, 2.05) is 40.7 Å². The van der Waals surface area contributed by atoms with Gasteiger partial charge in [0.05, 0.1) is 12.5 Å². The predicted octanol–water partition coefficient (Wildman–Crippen LogP) is 1.87. The van der Waals surface area contributed by atoms with Crippen LogP contribution in [0.25, 0.3) is 0 Å². The fraction of sp³-hybridized carbons (Fsp3) is 0.692. The second-order valence-corrected chi connectivity index (χ2v) is 5.76. The fourth-order valence-corrected chi connectivity index (χ4v) is 1.59. The summed E-state index contributed by atoms with van der Waals surface area (Å²) in [6.07, 6.45) is 0.306. The monoisotopic (exact) mass is 263 g/mol. The molecule has 0 spiro atoms. The van der Waals surface area contributed by atoms with Gasteiger partial charge in [0.15, 0.2) is 0 Å². The van der Waals surface area contributed by atoms with Crippen molar-refractivity contribution >= 4 is 5.91 Å². The molecule has 0 radical (unpaired) electrons. The molecule has 1 aromatic rings. The van der Waals surface area contributed by atoms with Crippen LogP contribution in [-0.2, 0) is 5.41 Å². The molecule has 6 heteroatoms. The number of aromatic nitrogens is 3. The maximum absolute atomic E-state index is 12.3. The third kappa shape index (κ3) is 3.78. The Morgan fingerprint density at radius 1 is 1.47 bits per heavy atom. The van der Waals surface area contributed by atoms with Gasteiger partial charge in [-0.1, -0.05) is 20.8 Å². The van der Waals surface area contributed by atoms with Crippen LogP contribution < -0.4 is 0 Å². The Bertz CT molecular complexity index is 478. The molecule has 1 amide bonds. The Morgan fingerprint density at radius 2 is 2.11 bits per heavy atom. The molecule has 1 aromatic heterocycles. The molecule has 19 heavy (non-hydrogen) atoms. The summed E-state index contributed by atoms with van der Waals surface area (Å²) < 4.78 is 0. The van der Waals surface area contributed by atoms with E-state index in [0.717, 1.165) is 0 Å². The summed E-state index contributed by atoms with van der Waals surface area (Å²) >= 11 is 0. The number of amides is 1. The van der Waals surface area contributed by atoms with Crippen LogP contribution in [0.2, 0.25) is 0 Å². The largest absolute Gasteiger partial charge is 0.332 e. The van der Waals surface area contributed by atoms with Crippen molar-refractivity contribution in [1.29, 1.82) is 5.26 Å². The highest BCUT2D eigenvalue weighted by Crippen LogP contribution is 2.18.